The Labute approximate surface area is 128 Å². The number of fused-ring (bicyclic) bond motifs is 1. The molecule has 1 spiro atoms. The predicted octanol–water partition coefficient (Wildman–Crippen LogP) is -0.309. The number of nitrogens with one attached hydrogen (secondary N) is 1. The molecule has 8 nitrogen and oxygen atoms in total. The Hall–Kier alpha value is -1.93. The van der Waals surface area contributed by atoms with Crippen molar-refractivity contribution in [3.05, 3.63) is 17.6 Å². The molecule has 0 bridgehead atoms. The standard InChI is InChI=1S/C14H19N5O3/c20-13(21)19-8-14(9-19)7-18(3-4-22-14)12-6-16-11-5-15-2-1-10(11)17-12/h6,15H,1-5,7-9H2,(H,20,21). The zero-order valence-corrected chi connectivity index (χ0v) is 12.3. The van der Waals surface area contributed by atoms with Crippen LogP contribution in [0, 0.1) is 0 Å². The van der Waals surface area contributed by atoms with E-state index in [0.29, 0.717) is 26.2 Å². The fourth-order valence-corrected chi connectivity index (χ4v) is 3.37. The maximum atomic E-state index is 10.9. The highest BCUT2D eigenvalue weighted by molar-refractivity contribution is 5.66. The number of amides is 1. The van der Waals surface area contributed by atoms with Crippen LogP contribution in [0.15, 0.2) is 6.20 Å². The van der Waals surface area contributed by atoms with Gasteiger partial charge in [0, 0.05) is 26.1 Å². The van der Waals surface area contributed by atoms with Gasteiger partial charge in [-0.05, 0) is 0 Å². The lowest BCUT2D eigenvalue weighted by Crippen LogP contribution is -2.71. The average Bonchev–Trinajstić information content (AvgIpc) is 2.52. The van der Waals surface area contributed by atoms with Gasteiger partial charge in [0.15, 0.2) is 0 Å². The molecule has 4 rings (SSSR count). The second-order valence-corrected chi connectivity index (χ2v) is 6.14. The third-order valence-corrected chi connectivity index (χ3v) is 4.55. The first-order valence-electron chi connectivity index (χ1n) is 7.58. The van der Waals surface area contributed by atoms with Crippen molar-refractivity contribution in [2.45, 2.75) is 18.6 Å². The van der Waals surface area contributed by atoms with Crippen LogP contribution in [0.1, 0.15) is 11.4 Å². The van der Waals surface area contributed by atoms with E-state index in [1.54, 1.807) is 0 Å². The highest BCUT2D eigenvalue weighted by atomic mass is 16.5. The fraction of sp³-hybridized carbons (Fsp3) is 0.643. The molecule has 8 heteroatoms. The van der Waals surface area contributed by atoms with Gasteiger partial charge < -0.3 is 25.0 Å². The molecule has 118 valence electrons. The van der Waals surface area contributed by atoms with E-state index in [-0.39, 0.29) is 5.60 Å². The minimum atomic E-state index is -0.882. The SMILES string of the molecule is O=C(O)N1CC2(C1)CN(c1cnc3c(n1)CCNC3)CCO2. The van der Waals surface area contributed by atoms with Gasteiger partial charge in [-0.1, -0.05) is 0 Å². The van der Waals surface area contributed by atoms with Crippen molar-refractivity contribution in [2.75, 3.05) is 44.2 Å². The molecule has 0 radical (unpaired) electrons. The normalized spacial score (nSPS) is 23.1. The monoisotopic (exact) mass is 305 g/mol. The van der Waals surface area contributed by atoms with Gasteiger partial charge in [-0.2, -0.15) is 0 Å². The van der Waals surface area contributed by atoms with Crippen molar-refractivity contribution >= 4 is 11.9 Å². The first-order valence-corrected chi connectivity index (χ1v) is 7.58. The Morgan fingerprint density at radius 2 is 2.23 bits per heavy atom. The molecule has 3 aliphatic rings. The molecule has 1 aromatic rings. The zero-order chi connectivity index (χ0) is 15.2. The molecule has 0 atom stereocenters. The van der Waals surface area contributed by atoms with Gasteiger partial charge in [0.25, 0.3) is 0 Å². The lowest BCUT2D eigenvalue weighted by Gasteiger charge is -2.52. The lowest BCUT2D eigenvalue weighted by molar-refractivity contribution is -0.137. The van der Waals surface area contributed by atoms with Crippen molar-refractivity contribution in [3.8, 4) is 0 Å². The number of anilines is 1. The molecule has 4 heterocycles. The van der Waals surface area contributed by atoms with Crippen LogP contribution in [-0.2, 0) is 17.7 Å². The number of aromatic nitrogens is 2. The third kappa shape index (κ3) is 2.28. The molecular weight excluding hydrogens is 286 g/mol. The summed E-state index contributed by atoms with van der Waals surface area (Å²) in [4.78, 5) is 23.8. The minimum Gasteiger partial charge on any atom is -0.465 e. The maximum absolute atomic E-state index is 10.9. The molecule has 0 saturated carbocycles. The van der Waals surface area contributed by atoms with Crippen molar-refractivity contribution in [1.29, 1.82) is 0 Å². The predicted molar refractivity (Wildman–Crippen MR) is 77.9 cm³/mol. The summed E-state index contributed by atoms with van der Waals surface area (Å²) in [6.45, 7) is 4.61. The van der Waals surface area contributed by atoms with Crippen LogP contribution >= 0.6 is 0 Å². The van der Waals surface area contributed by atoms with Gasteiger partial charge in [-0.3, -0.25) is 4.98 Å². The average molecular weight is 305 g/mol. The van der Waals surface area contributed by atoms with E-state index in [2.05, 4.69) is 15.2 Å². The van der Waals surface area contributed by atoms with Crippen molar-refractivity contribution in [2.24, 2.45) is 0 Å². The van der Waals surface area contributed by atoms with Crippen molar-refractivity contribution < 1.29 is 14.6 Å². The number of morpholine rings is 1. The lowest BCUT2D eigenvalue weighted by atomic mass is 9.92. The number of rotatable bonds is 1. The van der Waals surface area contributed by atoms with E-state index in [0.717, 1.165) is 43.3 Å². The smallest absolute Gasteiger partial charge is 0.407 e. The molecule has 0 aliphatic carbocycles. The van der Waals surface area contributed by atoms with Gasteiger partial charge in [0.1, 0.15) is 11.4 Å². The molecule has 2 N–H and O–H groups in total. The number of hydrogen-bond acceptors (Lipinski definition) is 6. The maximum Gasteiger partial charge on any atom is 0.407 e. The summed E-state index contributed by atoms with van der Waals surface area (Å²) in [5, 5.41) is 12.3. The Morgan fingerprint density at radius 3 is 3.05 bits per heavy atom. The second kappa shape index (κ2) is 5.06. The van der Waals surface area contributed by atoms with Crippen LogP contribution in [0.5, 0.6) is 0 Å². The van der Waals surface area contributed by atoms with E-state index in [1.165, 1.54) is 4.90 Å². The van der Waals surface area contributed by atoms with E-state index in [9.17, 15) is 4.79 Å². The molecular formula is C14H19N5O3. The quantitative estimate of drug-likeness (QED) is 0.735. The first-order chi connectivity index (χ1) is 10.7. The van der Waals surface area contributed by atoms with Crippen LogP contribution < -0.4 is 10.2 Å². The molecule has 0 aromatic carbocycles. The zero-order valence-electron chi connectivity index (χ0n) is 12.3. The van der Waals surface area contributed by atoms with E-state index >= 15 is 0 Å². The van der Waals surface area contributed by atoms with Crippen molar-refractivity contribution in [1.82, 2.24) is 20.2 Å². The second-order valence-electron chi connectivity index (χ2n) is 6.14. The van der Waals surface area contributed by atoms with Crippen LogP contribution in [0.25, 0.3) is 0 Å². The van der Waals surface area contributed by atoms with Crippen LogP contribution in [0.3, 0.4) is 0 Å². The van der Waals surface area contributed by atoms with Crippen molar-refractivity contribution in [3.63, 3.8) is 0 Å². The number of carboxylic acid groups (broad SMARTS) is 1. The summed E-state index contributed by atoms with van der Waals surface area (Å²) in [5.41, 5.74) is 1.71. The van der Waals surface area contributed by atoms with E-state index < -0.39 is 6.09 Å². The summed E-state index contributed by atoms with van der Waals surface area (Å²) < 4.78 is 5.84. The summed E-state index contributed by atoms with van der Waals surface area (Å²) in [6.07, 6.45) is 1.84. The molecule has 22 heavy (non-hydrogen) atoms. The number of ether oxygens (including phenoxy) is 1. The number of nitrogens with zero attached hydrogens (tertiary/aromatic N) is 4. The molecule has 1 aromatic heterocycles. The number of carbonyl (C=O) groups is 1. The van der Waals surface area contributed by atoms with Gasteiger partial charge in [0.2, 0.25) is 0 Å². The van der Waals surface area contributed by atoms with Gasteiger partial charge >= 0.3 is 6.09 Å². The summed E-state index contributed by atoms with van der Waals surface area (Å²) in [5.74, 6) is 0.872. The Kier molecular flexibility index (Phi) is 3.16. The Bertz CT molecular complexity index is 602. The molecule has 2 fully saturated rings. The van der Waals surface area contributed by atoms with Crippen LogP contribution in [-0.4, -0.2) is 71.0 Å². The van der Waals surface area contributed by atoms with Gasteiger partial charge in [-0.25, -0.2) is 9.78 Å². The Morgan fingerprint density at radius 1 is 1.36 bits per heavy atom. The highest BCUT2D eigenvalue weighted by Gasteiger charge is 2.49. The van der Waals surface area contributed by atoms with Crippen LogP contribution in [0.2, 0.25) is 0 Å². The van der Waals surface area contributed by atoms with E-state index in [1.807, 2.05) is 6.20 Å². The summed E-state index contributed by atoms with van der Waals surface area (Å²) >= 11 is 0. The Balaban J connectivity index is 1.50. The first kappa shape index (κ1) is 13.7. The minimum absolute atomic E-state index is 0.379. The molecule has 1 amide bonds. The molecule has 2 saturated heterocycles. The highest BCUT2D eigenvalue weighted by Crippen LogP contribution is 2.31. The number of hydrogen-bond donors (Lipinski definition) is 2. The fourth-order valence-electron chi connectivity index (χ4n) is 3.37. The molecule has 3 aliphatic heterocycles. The van der Waals surface area contributed by atoms with Crippen LogP contribution in [0.4, 0.5) is 10.6 Å². The third-order valence-electron chi connectivity index (χ3n) is 4.55. The molecule has 0 unspecified atom stereocenters. The largest absolute Gasteiger partial charge is 0.465 e. The summed E-state index contributed by atoms with van der Waals surface area (Å²) in [6, 6.07) is 0. The van der Waals surface area contributed by atoms with Gasteiger partial charge in [-0.15, -0.1) is 0 Å². The van der Waals surface area contributed by atoms with E-state index in [4.69, 9.17) is 14.8 Å². The van der Waals surface area contributed by atoms with Gasteiger partial charge in [0.05, 0.1) is 43.8 Å². The summed E-state index contributed by atoms with van der Waals surface area (Å²) in [7, 11) is 0. The topological polar surface area (TPSA) is 90.8 Å². The number of likely N-dealkylation sites (tertiary alicyclic amines) is 1.